The number of hydrogen-bond donors (Lipinski definition) is 2. The van der Waals surface area contributed by atoms with Gasteiger partial charge in [0.15, 0.2) is 33.1 Å². The van der Waals surface area contributed by atoms with Crippen LogP contribution >= 0.6 is 0 Å². The molecule has 4 bridgehead atoms. The van der Waals surface area contributed by atoms with Gasteiger partial charge in [-0.3, -0.25) is 4.79 Å². The van der Waals surface area contributed by atoms with Crippen molar-refractivity contribution in [2.24, 2.45) is 18.4 Å². The molecule has 318 valence electrons. The fourth-order valence-corrected chi connectivity index (χ4v) is 9.98. The number of esters is 1. The van der Waals surface area contributed by atoms with E-state index in [1.54, 1.807) is 52.2 Å². The van der Waals surface area contributed by atoms with Gasteiger partial charge in [-0.25, -0.2) is 26.9 Å². The third-order valence-corrected chi connectivity index (χ3v) is 12.8. The molecule has 1 aliphatic heterocycles. The standard InChI is InChI=1S/C43H50F5N5O5S/c1-26(2)57-39(54)27(3)19-28-9-7-10-29(20-28)42(23-49-24-43(46,47)48)16-8-15-41(4,5)25-59(55,56)18-14-32-31-13-17-50-36(31)22-35(45)37(32)58-30-11-12-34(44)33(21-30)38-51-40(42)52-53(38)6/h7,9-13,17,20-22,26-27,49-50H,8,14-16,18-19,23-25H2,1-6H3. The summed E-state index contributed by atoms with van der Waals surface area (Å²) in [5, 5.41) is 7.90. The highest BCUT2D eigenvalue weighted by Gasteiger charge is 2.41. The molecule has 1 aliphatic rings. The predicted octanol–water partition coefficient (Wildman–Crippen LogP) is 8.77. The van der Waals surface area contributed by atoms with Gasteiger partial charge in [-0.15, -0.1) is 0 Å². The van der Waals surface area contributed by atoms with Crippen molar-refractivity contribution in [2.75, 3.05) is 24.6 Å². The number of sulfone groups is 1. The van der Waals surface area contributed by atoms with Gasteiger partial charge in [0, 0.05) is 42.3 Å². The molecule has 3 aromatic carbocycles. The summed E-state index contributed by atoms with van der Waals surface area (Å²) in [4.78, 5) is 20.6. The maximum atomic E-state index is 15.9. The van der Waals surface area contributed by atoms with Crippen LogP contribution in [0, 0.1) is 23.0 Å². The number of carbonyl (C=O) groups is 1. The molecule has 0 saturated carbocycles. The third kappa shape index (κ3) is 10.3. The van der Waals surface area contributed by atoms with Crippen molar-refractivity contribution in [3.05, 3.63) is 94.9 Å². The van der Waals surface area contributed by atoms with Crippen molar-refractivity contribution in [1.82, 2.24) is 25.1 Å². The minimum Gasteiger partial charge on any atom is -0.463 e. The molecule has 10 nitrogen and oxygen atoms in total. The zero-order chi connectivity index (χ0) is 42.9. The van der Waals surface area contributed by atoms with Crippen LogP contribution in [0.1, 0.15) is 76.4 Å². The molecule has 2 N–H and O–H groups in total. The molecule has 5 aromatic rings. The highest BCUT2D eigenvalue weighted by molar-refractivity contribution is 7.91. The smallest absolute Gasteiger partial charge is 0.401 e. The topological polar surface area (TPSA) is 128 Å². The Bertz CT molecular complexity index is 2430. The number of alkyl halides is 3. The summed E-state index contributed by atoms with van der Waals surface area (Å²) in [5.74, 6) is -2.96. The molecule has 0 spiro atoms. The molecule has 0 radical (unpaired) electrons. The first-order valence-corrected chi connectivity index (χ1v) is 21.4. The van der Waals surface area contributed by atoms with Crippen LogP contribution in [0.3, 0.4) is 0 Å². The highest BCUT2D eigenvalue weighted by atomic mass is 32.2. The van der Waals surface area contributed by atoms with Crippen LogP contribution in [0.4, 0.5) is 22.0 Å². The maximum Gasteiger partial charge on any atom is 0.401 e. The molecule has 16 heteroatoms. The maximum absolute atomic E-state index is 15.9. The zero-order valence-electron chi connectivity index (χ0n) is 34.0. The molecule has 0 saturated heterocycles. The Labute approximate surface area is 340 Å². The molecule has 2 aromatic heterocycles. The largest absolute Gasteiger partial charge is 0.463 e. The van der Waals surface area contributed by atoms with Crippen molar-refractivity contribution in [1.29, 1.82) is 0 Å². The summed E-state index contributed by atoms with van der Waals surface area (Å²) in [6.45, 7) is 7.26. The second-order valence-corrected chi connectivity index (χ2v) is 18.9. The Kier molecular flexibility index (Phi) is 12.6. The molecule has 2 atom stereocenters. The molecule has 2 unspecified atom stereocenters. The van der Waals surface area contributed by atoms with Gasteiger partial charge in [0.2, 0.25) is 0 Å². The van der Waals surface area contributed by atoms with E-state index in [1.165, 1.54) is 22.9 Å². The quantitative estimate of drug-likeness (QED) is 0.117. The number of aryl methyl sites for hydroxylation is 2. The average molecular weight is 844 g/mol. The first-order chi connectivity index (χ1) is 27.7. The number of H-pyrrole nitrogens is 1. The fraction of sp³-hybridized carbons (Fsp3) is 0.465. The van der Waals surface area contributed by atoms with Crippen LogP contribution in [0.5, 0.6) is 11.5 Å². The number of ether oxygens (including phenoxy) is 2. The van der Waals surface area contributed by atoms with Gasteiger partial charge < -0.3 is 19.8 Å². The molecule has 0 amide bonds. The lowest BCUT2D eigenvalue weighted by atomic mass is 9.73. The Hall–Kier alpha value is -4.83. The summed E-state index contributed by atoms with van der Waals surface area (Å²) >= 11 is 0. The van der Waals surface area contributed by atoms with E-state index in [4.69, 9.17) is 19.6 Å². The van der Waals surface area contributed by atoms with E-state index in [0.29, 0.717) is 40.4 Å². The van der Waals surface area contributed by atoms with Crippen LogP contribution < -0.4 is 10.1 Å². The Morgan fingerprint density at radius 1 is 1.05 bits per heavy atom. The van der Waals surface area contributed by atoms with E-state index < -0.39 is 56.9 Å². The summed E-state index contributed by atoms with van der Waals surface area (Å²) in [5.41, 5.74) is -0.175. The summed E-state index contributed by atoms with van der Waals surface area (Å²) in [6.07, 6.45) is -2.21. The number of aromatic nitrogens is 4. The molecule has 0 fully saturated rings. The number of carbonyl (C=O) groups excluding carboxylic acids is 1. The molecule has 3 heterocycles. The lowest BCUT2D eigenvalue weighted by Gasteiger charge is -2.34. The van der Waals surface area contributed by atoms with Crippen LogP contribution in [0.2, 0.25) is 0 Å². The average Bonchev–Trinajstić information content (AvgIpc) is 3.76. The minimum absolute atomic E-state index is 0.0296. The lowest BCUT2D eigenvalue weighted by molar-refractivity contribution is -0.151. The first-order valence-electron chi connectivity index (χ1n) is 19.6. The third-order valence-electron chi connectivity index (χ3n) is 10.7. The van der Waals surface area contributed by atoms with Gasteiger partial charge in [-0.1, -0.05) is 51.5 Å². The van der Waals surface area contributed by atoms with Crippen molar-refractivity contribution in [2.45, 2.75) is 84.4 Å². The number of rotatable bonds is 8. The Morgan fingerprint density at radius 3 is 2.54 bits per heavy atom. The molecule has 0 aliphatic carbocycles. The number of halogens is 5. The van der Waals surface area contributed by atoms with Crippen LogP contribution in [-0.2, 0) is 44.7 Å². The second kappa shape index (κ2) is 17.0. The molecular formula is C43H50F5N5O5S. The number of nitrogens with zero attached hydrogens (tertiary/aromatic N) is 3. The zero-order valence-corrected chi connectivity index (χ0v) is 34.8. The number of fused-ring (bicyclic) bond motifs is 8. The van der Waals surface area contributed by atoms with Crippen LogP contribution in [0.25, 0.3) is 22.3 Å². The van der Waals surface area contributed by atoms with E-state index in [1.807, 2.05) is 26.0 Å². The molecule has 6 rings (SSSR count). The van der Waals surface area contributed by atoms with E-state index >= 15 is 8.78 Å². The van der Waals surface area contributed by atoms with E-state index in [0.717, 1.165) is 6.07 Å². The Morgan fingerprint density at radius 2 is 1.81 bits per heavy atom. The van der Waals surface area contributed by atoms with E-state index in [2.05, 4.69) is 10.3 Å². The van der Waals surface area contributed by atoms with Gasteiger partial charge in [0.1, 0.15) is 11.6 Å². The van der Waals surface area contributed by atoms with Crippen molar-refractivity contribution in [3.63, 3.8) is 0 Å². The van der Waals surface area contributed by atoms with Gasteiger partial charge >= 0.3 is 12.1 Å². The second-order valence-electron chi connectivity index (χ2n) is 16.7. The van der Waals surface area contributed by atoms with Crippen molar-refractivity contribution >= 4 is 26.7 Å². The lowest BCUT2D eigenvalue weighted by Crippen LogP contribution is -2.43. The minimum atomic E-state index is -4.56. The van der Waals surface area contributed by atoms with E-state index in [-0.39, 0.29) is 72.1 Å². The predicted molar refractivity (Wildman–Crippen MR) is 215 cm³/mol. The van der Waals surface area contributed by atoms with Gasteiger partial charge in [-0.2, -0.15) is 18.3 Å². The number of nitrogens with one attached hydrogen (secondary N) is 2. The van der Waals surface area contributed by atoms with Crippen molar-refractivity contribution < 1.29 is 44.6 Å². The summed E-state index contributed by atoms with van der Waals surface area (Å²) in [7, 11) is -2.22. The normalized spacial score (nSPS) is 19.1. The van der Waals surface area contributed by atoms with Gasteiger partial charge in [-0.05, 0) is 80.3 Å². The number of aromatic amines is 1. The number of hydrogen-bond acceptors (Lipinski definition) is 8. The first kappa shape index (κ1) is 43.7. The van der Waals surface area contributed by atoms with E-state index in [9.17, 15) is 26.4 Å². The summed E-state index contributed by atoms with van der Waals surface area (Å²) < 4.78 is 113. The summed E-state index contributed by atoms with van der Waals surface area (Å²) in [6, 6.07) is 13.9. The Balaban J connectivity index is 1.53. The van der Waals surface area contributed by atoms with Crippen LogP contribution in [-0.4, -0.2) is 71.0 Å². The van der Waals surface area contributed by atoms with Gasteiger partial charge in [0.25, 0.3) is 0 Å². The fourth-order valence-electron chi connectivity index (χ4n) is 7.98. The van der Waals surface area contributed by atoms with Crippen LogP contribution in [0.15, 0.2) is 60.8 Å². The molecule has 59 heavy (non-hydrogen) atoms. The van der Waals surface area contributed by atoms with Crippen molar-refractivity contribution in [3.8, 4) is 22.9 Å². The highest BCUT2D eigenvalue weighted by Crippen LogP contribution is 2.41. The van der Waals surface area contributed by atoms with Gasteiger partial charge in [0.05, 0.1) is 41.1 Å². The SMILES string of the molecule is CC(C)OC(=O)C(C)Cc1cccc(C2(CNCC(F)(F)F)CCCC(C)(C)CS(=O)(=O)CCc3c(c(F)cc4[nH]ccc34)Oc3ccc(F)c(c3)-c3nc2nn3C)c1. The monoisotopic (exact) mass is 843 g/mol. The number of benzene rings is 3. The molecular weight excluding hydrogens is 794 g/mol.